The second kappa shape index (κ2) is 3.27. The van der Waals surface area contributed by atoms with Crippen LogP contribution in [0.5, 0.6) is 0 Å². The summed E-state index contributed by atoms with van der Waals surface area (Å²) in [5.74, 6) is 0. The van der Waals surface area contributed by atoms with Crippen molar-refractivity contribution in [2.45, 2.75) is 6.92 Å². The van der Waals surface area contributed by atoms with Gasteiger partial charge < -0.3 is 0 Å². The molecule has 0 aromatic heterocycles. The van der Waals surface area contributed by atoms with E-state index in [-0.39, 0.29) is 0 Å². The van der Waals surface area contributed by atoms with Crippen LogP contribution in [0.3, 0.4) is 0 Å². The molecule has 1 N–H and O–H groups in total. The fourth-order valence-electron chi connectivity index (χ4n) is 0.757. The number of rotatable bonds is 2. The number of benzene rings is 1. The Kier molecular flexibility index (Phi) is 2.34. The van der Waals surface area contributed by atoms with Gasteiger partial charge in [-0.15, -0.1) is 0 Å². The summed E-state index contributed by atoms with van der Waals surface area (Å²) in [5, 5.41) is 0. The maximum Gasteiger partial charge on any atom is 0.624 e. The predicted molar refractivity (Wildman–Crippen MR) is 42.9 cm³/mol. The average molecular weight is 154 g/mol. The molecular weight excluding hydrogens is 146 g/mol. The maximum atomic E-state index is 10.0. The van der Waals surface area contributed by atoms with Crippen molar-refractivity contribution >= 4 is 17.5 Å². The molecule has 1 aromatic carbocycles. The Hall–Kier alpha value is -0.960. The molecule has 0 heterocycles. The lowest BCUT2D eigenvalue weighted by Gasteiger charge is -1.91. The van der Waals surface area contributed by atoms with Gasteiger partial charge in [-0.05, 0) is 24.6 Å². The third kappa shape index (κ3) is 1.77. The highest BCUT2D eigenvalue weighted by atomic mass is 32.2. The van der Waals surface area contributed by atoms with E-state index < -0.39 is 0 Å². The first-order chi connectivity index (χ1) is 4.83. The summed E-state index contributed by atoms with van der Waals surface area (Å²) >= 11 is 0.363. The van der Waals surface area contributed by atoms with Gasteiger partial charge >= 0.3 is 11.9 Å². The molecule has 0 spiro atoms. The molecule has 0 saturated carbocycles. The van der Waals surface area contributed by atoms with Gasteiger partial charge in [0.1, 0.15) is 0 Å². The highest BCUT2D eigenvalue weighted by molar-refractivity contribution is 7.67. The summed E-state index contributed by atoms with van der Waals surface area (Å²) in [7, 11) is 0. The summed E-state index contributed by atoms with van der Waals surface area (Å²) in [5.41, 5.74) is 2.01. The second-order valence-corrected chi connectivity index (χ2v) is 2.43. The number of hydrogen-bond acceptors (Lipinski definition) is 1. The van der Waals surface area contributed by atoms with Crippen LogP contribution in [0.4, 0.5) is 5.69 Å². The van der Waals surface area contributed by atoms with Gasteiger partial charge in [-0.2, -0.15) is 0 Å². The first kappa shape index (κ1) is 7.15. The summed E-state index contributed by atoms with van der Waals surface area (Å²) in [4.78, 5) is 0. The molecule has 1 rings (SSSR count). The topological polar surface area (TPSA) is 29.1 Å². The molecule has 3 heteroatoms. The van der Waals surface area contributed by atoms with Gasteiger partial charge in [0.15, 0.2) is 0 Å². The van der Waals surface area contributed by atoms with E-state index in [2.05, 4.69) is 4.72 Å². The van der Waals surface area contributed by atoms with Crippen LogP contribution < -0.4 is 4.72 Å². The lowest BCUT2D eigenvalue weighted by atomic mass is 10.2. The highest BCUT2D eigenvalue weighted by Gasteiger charge is 1.97. The minimum atomic E-state index is 0.363. The molecule has 2 nitrogen and oxygen atoms in total. The third-order valence-electron chi connectivity index (χ3n) is 1.18. The Morgan fingerprint density at radius 3 is 2.90 bits per heavy atom. The SMILES string of the molecule is Cc1cccc(N[S+]=O)c1. The van der Waals surface area contributed by atoms with Crippen molar-refractivity contribution in [2.24, 2.45) is 0 Å². The van der Waals surface area contributed by atoms with Gasteiger partial charge in [0.25, 0.3) is 0 Å². The Bertz CT molecular complexity index is 237. The lowest BCUT2D eigenvalue weighted by molar-refractivity contribution is 0.607. The summed E-state index contributed by atoms with van der Waals surface area (Å²) in [6.07, 6.45) is 0. The van der Waals surface area contributed by atoms with Crippen LogP contribution in [0.2, 0.25) is 0 Å². The van der Waals surface area contributed by atoms with Crippen LogP contribution in [0.1, 0.15) is 5.56 Å². The van der Waals surface area contributed by atoms with Crippen LogP contribution in [0.15, 0.2) is 24.3 Å². The molecule has 0 aliphatic heterocycles. The van der Waals surface area contributed by atoms with E-state index in [0.29, 0.717) is 11.9 Å². The van der Waals surface area contributed by atoms with Crippen LogP contribution in [0, 0.1) is 6.92 Å². The van der Waals surface area contributed by atoms with Crippen LogP contribution in [-0.2, 0) is 16.1 Å². The summed E-state index contributed by atoms with van der Waals surface area (Å²) in [6.45, 7) is 1.99. The summed E-state index contributed by atoms with van der Waals surface area (Å²) in [6, 6.07) is 7.68. The Morgan fingerprint density at radius 1 is 1.50 bits per heavy atom. The second-order valence-electron chi connectivity index (χ2n) is 2.05. The molecule has 0 saturated heterocycles. The Labute approximate surface area is 63.9 Å². The smallest absolute Gasteiger partial charge is 0.0955 e. The Balaban J connectivity index is 2.84. The normalized spacial score (nSPS) is 8.90. The average Bonchev–Trinajstić information content (AvgIpc) is 1.88. The maximum absolute atomic E-state index is 10.0. The van der Waals surface area contributed by atoms with E-state index in [1.165, 1.54) is 0 Å². The quantitative estimate of drug-likeness (QED) is 0.510. The molecule has 0 atom stereocenters. The first-order valence-electron chi connectivity index (χ1n) is 2.94. The van der Waals surface area contributed by atoms with E-state index in [1.807, 2.05) is 31.2 Å². The van der Waals surface area contributed by atoms with Gasteiger partial charge in [-0.25, -0.2) is 0 Å². The van der Waals surface area contributed by atoms with Crippen molar-refractivity contribution in [2.75, 3.05) is 4.72 Å². The number of aryl methyl sites for hydroxylation is 1. The van der Waals surface area contributed by atoms with E-state index in [0.717, 1.165) is 11.3 Å². The first-order valence-corrected chi connectivity index (χ1v) is 3.68. The number of hydrogen-bond donors (Lipinski definition) is 1. The van der Waals surface area contributed by atoms with E-state index >= 15 is 0 Å². The zero-order valence-corrected chi connectivity index (χ0v) is 6.44. The van der Waals surface area contributed by atoms with Gasteiger partial charge in [0.05, 0.1) is 9.90 Å². The van der Waals surface area contributed by atoms with Gasteiger partial charge in [-0.1, -0.05) is 16.9 Å². The lowest BCUT2D eigenvalue weighted by Crippen LogP contribution is -1.87. The third-order valence-corrected chi connectivity index (χ3v) is 1.50. The van der Waals surface area contributed by atoms with Gasteiger partial charge in [0, 0.05) is 0 Å². The van der Waals surface area contributed by atoms with Crippen molar-refractivity contribution in [3.63, 3.8) is 0 Å². The van der Waals surface area contributed by atoms with Crippen LogP contribution in [0.25, 0.3) is 0 Å². The minimum absolute atomic E-state index is 0.363. The molecule has 0 amide bonds. The molecular formula is C7H8NOS+. The van der Waals surface area contributed by atoms with Crippen molar-refractivity contribution < 1.29 is 4.21 Å². The van der Waals surface area contributed by atoms with Crippen LogP contribution in [-0.4, -0.2) is 0 Å². The molecule has 1 aromatic rings. The largest absolute Gasteiger partial charge is 0.624 e. The molecule has 0 fully saturated rings. The fraction of sp³-hybridized carbons (Fsp3) is 0.143. The van der Waals surface area contributed by atoms with Crippen LogP contribution >= 0.6 is 0 Å². The molecule has 0 bridgehead atoms. The monoisotopic (exact) mass is 154 g/mol. The van der Waals surface area contributed by atoms with Crippen molar-refractivity contribution in [3.8, 4) is 0 Å². The molecule has 0 unspecified atom stereocenters. The molecule has 0 aliphatic carbocycles. The fourth-order valence-corrected chi connectivity index (χ4v) is 0.980. The van der Waals surface area contributed by atoms with Crippen molar-refractivity contribution in [1.29, 1.82) is 0 Å². The standard InChI is InChI=1S/C7H8NOS/c1-6-3-2-4-7(5-6)8-10-9/h2-5H,1H3,(H,8,9)/q+1. The number of anilines is 1. The van der Waals surface area contributed by atoms with Gasteiger partial charge in [0.2, 0.25) is 0 Å². The Morgan fingerprint density at radius 2 is 2.30 bits per heavy atom. The minimum Gasteiger partial charge on any atom is -0.0955 e. The van der Waals surface area contributed by atoms with Crippen molar-refractivity contribution in [1.82, 2.24) is 0 Å². The molecule has 0 radical (unpaired) electrons. The van der Waals surface area contributed by atoms with Gasteiger partial charge in [-0.3, -0.25) is 0 Å². The predicted octanol–water partition coefficient (Wildman–Crippen LogP) is 1.75. The molecule has 0 aliphatic rings. The zero-order chi connectivity index (χ0) is 7.40. The number of nitrogens with one attached hydrogen (secondary N) is 1. The van der Waals surface area contributed by atoms with E-state index in [4.69, 9.17) is 0 Å². The summed E-state index contributed by atoms with van der Waals surface area (Å²) < 4.78 is 12.6. The molecule has 10 heavy (non-hydrogen) atoms. The zero-order valence-electron chi connectivity index (χ0n) is 5.63. The van der Waals surface area contributed by atoms with Crippen molar-refractivity contribution in [3.05, 3.63) is 29.8 Å². The van der Waals surface area contributed by atoms with E-state index in [9.17, 15) is 4.21 Å². The highest BCUT2D eigenvalue weighted by Crippen LogP contribution is 2.07. The molecule has 52 valence electrons. The van der Waals surface area contributed by atoms with E-state index in [1.54, 1.807) is 0 Å².